The predicted octanol–water partition coefficient (Wildman–Crippen LogP) is 3.17. The van der Waals surface area contributed by atoms with Crippen LogP contribution in [0.4, 0.5) is 0 Å². The second-order valence-corrected chi connectivity index (χ2v) is 6.93. The van der Waals surface area contributed by atoms with Crippen LogP contribution in [0.3, 0.4) is 0 Å². The van der Waals surface area contributed by atoms with Crippen LogP contribution in [0.15, 0.2) is 54.6 Å². The molecule has 5 nitrogen and oxygen atoms in total. The van der Waals surface area contributed by atoms with Crippen LogP contribution in [0.25, 0.3) is 0 Å². The Morgan fingerprint density at radius 2 is 1.89 bits per heavy atom. The first-order valence-electron chi connectivity index (χ1n) is 9.21. The minimum absolute atomic E-state index is 0.0826. The number of para-hydroxylation sites is 1. The first kappa shape index (κ1) is 17.3. The van der Waals surface area contributed by atoms with E-state index >= 15 is 0 Å². The minimum atomic E-state index is -0.456. The fraction of sp³-hybridized carbons (Fsp3) is 0.273. The summed E-state index contributed by atoms with van der Waals surface area (Å²) in [7, 11) is 0. The molecule has 0 saturated carbocycles. The van der Waals surface area contributed by atoms with Gasteiger partial charge < -0.3 is 10.1 Å². The lowest BCUT2D eigenvalue weighted by molar-refractivity contribution is -0.127. The van der Waals surface area contributed by atoms with Crippen LogP contribution in [-0.2, 0) is 24.3 Å². The van der Waals surface area contributed by atoms with Crippen LogP contribution >= 0.6 is 0 Å². The Balaban J connectivity index is 1.41. The van der Waals surface area contributed by atoms with Crippen molar-refractivity contribution in [2.24, 2.45) is 0 Å². The van der Waals surface area contributed by atoms with Crippen LogP contribution in [0.2, 0.25) is 0 Å². The van der Waals surface area contributed by atoms with Gasteiger partial charge in [0, 0.05) is 24.2 Å². The molecule has 0 aliphatic carbocycles. The molecule has 1 aromatic heterocycles. The molecule has 0 unspecified atom stereocenters. The highest BCUT2D eigenvalue weighted by Crippen LogP contribution is 2.28. The Bertz CT molecular complexity index is 938. The maximum absolute atomic E-state index is 12.5. The van der Waals surface area contributed by atoms with Crippen molar-refractivity contribution in [3.63, 3.8) is 0 Å². The molecule has 0 bridgehead atoms. The predicted molar refractivity (Wildman–Crippen MR) is 104 cm³/mol. The second kappa shape index (κ2) is 7.27. The lowest BCUT2D eigenvalue weighted by atomic mass is 10.1. The Labute approximate surface area is 159 Å². The second-order valence-electron chi connectivity index (χ2n) is 6.93. The first-order chi connectivity index (χ1) is 13.1. The lowest BCUT2D eigenvalue weighted by Crippen LogP contribution is -2.37. The van der Waals surface area contributed by atoms with Gasteiger partial charge in [-0.15, -0.1) is 0 Å². The van der Waals surface area contributed by atoms with E-state index in [2.05, 4.69) is 22.5 Å². The Morgan fingerprint density at radius 3 is 2.67 bits per heavy atom. The van der Waals surface area contributed by atoms with Gasteiger partial charge in [-0.1, -0.05) is 48.5 Å². The van der Waals surface area contributed by atoms with Crippen molar-refractivity contribution < 1.29 is 9.53 Å². The summed E-state index contributed by atoms with van der Waals surface area (Å²) < 4.78 is 7.76. The number of aryl methyl sites for hydroxylation is 1. The summed E-state index contributed by atoms with van der Waals surface area (Å²) in [6, 6.07) is 18.1. The molecular weight excluding hydrogens is 338 g/mol. The molecule has 0 radical (unpaired) electrons. The third kappa shape index (κ3) is 3.58. The number of nitrogens with one attached hydrogen (secondary N) is 1. The summed E-state index contributed by atoms with van der Waals surface area (Å²) in [5, 5.41) is 7.66. The number of aromatic nitrogens is 2. The number of nitrogens with zero attached hydrogens (tertiary/aromatic N) is 2. The smallest absolute Gasteiger partial charge is 0.261 e. The molecule has 1 aliphatic heterocycles. The van der Waals surface area contributed by atoms with Crippen molar-refractivity contribution in [2.45, 2.75) is 39.5 Å². The summed E-state index contributed by atoms with van der Waals surface area (Å²) in [6.07, 6.45) is 0.162. The standard InChI is InChI=1S/C22H23N3O2/c1-15-19(16(2)25(24-15)14-17-8-4-3-5-9-17)13-23-22(26)21-12-18-10-6-7-11-20(18)27-21/h3-11,21H,12-14H2,1-2H3,(H,23,26)/t21-/m1/s1. The van der Waals surface area contributed by atoms with Gasteiger partial charge in [-0.05, 0) is 31.0 Å². The highest BCUT2D eigenvalue weighted by atomic mass is 16.5. The quantitative estimate of drug-likeness (QED) is 0.759. The van der Waals surface area contributed by atoms with Gasteiger partial charge in [0.2, 0.25) is 0 Å². The number of benzene rings is 2. The van der Waals surface area contributed by atoms with Gasteiger partial charge in [-0.2, -0.15) is 5.10 Å². The molecule has 1 amide bonds. The highest BCUT2D eigenvalue weighted by molar-refractivity contribution is 5.82. The van der Waals surface area contributed by atoms with E-state index in [-0.39, 0.29) is 5.91 Å². The zero-order valence-electron chi connectivity index (χ0n) is 15.6. The molecule has 0 fully saturated rings. The number of fused-ring (bicyclic) bond motifs is 1. The fourth-order valence-corrected chi connectivity index (χ4v) is 3.52. The van der Waals surface area contributed by atoms with Crippen molar-refractivity contribution >= 4 is 5.91 Å². The van der Waals surface area contributed by atoms with Crippen molar-refractivity contribution in [1.82, 2.24) is 15.1 Å². The van der Waals surface area contributed by atoms with E-state index < -0.39 is 6.10 Å². The molecular formula is C22H23N3O2. The first-order valence-corrected chi connectivity index (χ1v) is 9.21. The number of carbonyl (C=O) groups excluding carboxylic acids is 1. The third-order valence-electron chi connectivity index (χ3n) is 5.09. The van der Waals surface area contributed by atoms with Crippen LogP contribution in [-0.4, -0.2) is 21.8 Å². The van der Waals surface area contributed by atoms with Crippen molar-refractivity contribution in [2.75, 3.05) is 0 Å². The van der Waals surface area contributed by atoms with Crippen molar-refractivity contribution in [3.8, 4) is 5.75 Å². The van der Waals surface area contributed by atoms with E-state index in [0.717, 1.165) is 34.8 Å². The maximum atomic E-state index is 12.5. The summed E-state index contributed by atoms with van der Waals surface area (Å²) in [5.41, 5.74) is 5.37. The van der Waals surface area contributed by atoms with Crippen LogP contribution in [0.1, 0.15) is 28.1 Å². The molecule has 0 saturated heterocycles. The van der Waals surface area contributed by atoms with Crippen LogP contribution < -0.4 is 10.1 Å². The van der Waals surface area contributed by atoms with Gasteiger partial charge in [0.1, 0.15) is 5.75 Å². The van der Waals surface area contributed by atoms with Crippen LogP contribution in [0.5, 0.6) is 5.75 Å². The normalized spacial score (nSPS) is 15.3. The molecule has 1 N–H and O–H groups in total. The van der Waals surface area contributed by atoms with E-state index in [1.807, 2.05) is 61.0 Å². The van der Waals surface area contributed by atoms with Gasteiger partial charge in [0.25, 0.3) is 5.91 Å². The molecule has 1 aliphatic rings. The number of rotatable bonds is 5. The lowest BCUT2D eigenvalue weighted by Gasteiger charge is -2.12. The van der Waals surface area contributed by atoms with E-state index in [1.54, 1.807) is 0 Å². The van der Waals surface area contributed by atoms with E-state index in [9.17, 15) is 4.79 Å². The number of hydrogen-bond acceptors (Lipinski definition) is 3. The Kier molecular flexibility index (Phi) is 4.67. The molecule has 138 valence electrons. The molecule has 27 heavy (non-hydrogen) atoms. The molecule has 2 heterocycles. The number of carbonyl (C=O) groups is 1. The van der Waals surface area contributed by atoms with Crippen LogP contribution in [0, 0.1) is 13.8 Å². The van der Waals surface area contributed by atoms with E-state index in [1.165, 1.54) is 5.56 Å². The topological polar surface area (TPSA) is 56.2 Å². The Hall–Kier alpha value is -3.08. The van der Waals surface area contributed by atoms with Gasteiger partial charge in [0.15, 0.2) is 6.10 Å². The minimum Gasteiger partial charge on any atom is -0.480 e. The van der Waals surface area contributed by atoms with E-state index in [0.29, 0.717) is 13.0 Å². The van der Waals surface area contributed by atoms with Gasteiger partial charge in [0.05, 0.1) is 12.2 Å². The molecule has 3 aromatic rings. The highest BCUT2D eigenvalue weighted by Gasteiger charge is 2.28. The number of ether oxygens (including phenoxy) is 1. The molecule has 5 heteroatoms. The number of hydrogen-bond donors (Lipinski definition) is 1. The van der Waals surface area contributed by atoms with Gasteiger partial charge >= 0.3 is 0 Å². The summed E-state index contributed by atoms with van der Waals surface area (Å²) in [5.74, 6) is 0.724. The van der Waals surface area contributed by atoms with Crippen molar-refractivity contribution in [1.29, 1.82) is 0 Å². The third-order valence-corrected chi connectivity index (χ3v) is 5.09. The Morgan fingerprint density at radius 1 is 1.15 bits per heavy atom. The molecule has 4 rings (SSSR count). The summed E-state index contributed by atoms with van der Waals surface area (Å²) in [6.45, 7) is 5.22. The molecule has 1 atom stereocenters. The SMILES string of the molecule is Cc1nn(Cc2ccccc2)c(C)c1CNC(=O)[C@H]1Cc2ccccc2O1. The number of amides is 1. The monoisotopic (exact) mass is 361 g/mol. The summed E-state index contributed by atoms with van der Waals surface area (Å²) in [4.78, 5) is 12.5. The zero-order valence-corrected chi connectivity index (χ0v) is 15.6. The fourth-order valence-electron chi connectivity index (χ4n) is 3.52. The zero-order chi connectivity index (χ0) is 18.8. The molecule has 0 spiro atoms. The van der Waals surface area contributed by atoms with Gasteiger partial charge in [-0.3, -0.25) is 9.48 Å². The average Bonchev–Trinajstić information content (AvgIpc) is 3.22. The van der Waals surface area contributed by atoms with E-state index in [4.69, 9.17) is 4.74 Å². The maximum Gasteiger partial charge on any atom is 0.261 e. The molecule has 2 aromatic carbocycles. The average molecular weight is 361 g/mol. The summed E-state index contributed by atoms with van der Waals surface area (Å²) >= 11 is 0. The van der Waals surface area contributed by atoms with Crippen molar-refractivity contribution in [3.05, 3.63) is 82.7 Å². The largest absolute Gasteiger partial charge is 0.480 e. The van der Waals surface area contributed by atoms with Gasteiger partial charge in [-0.25, -0.2) is 0 Å².